The van der Waals surface area contributed by atoms with Gasteiger partial charge in [-0.15, -0.1) is 0 Å². The summed E-state index contributed by atoms with van der Waals surface area (Å²) in [6, 6.07) is 5.01. The lowest BCUT2D eigenvalue weighted by Crippen LogP contribution is -2.45. The number of aromatic nitrogens is 2. The Morgan fingerprint density at radius 3 is 2.89 bits per heavy atom. The number of hydrogen-bond donors (Lipinski definition) is 1. The highest BCUT2D eigenvalue weighted by Crippen LogP contribution is 2.31. The van der Waals surface area contributed by atoms with E-state index in [2.05, 4.69) is 9.82 Å². The molecule has 2 aliphatic rings. The van der Waals surface area contributed by atoms with E-state index in [4.69, 9.17) is 4.74 Å². The number of ether oxygens (including phenoxy) is 1. The molecule has 2 aliphatic heterocycles. The second kappa shape index (κ2) is 6.88. The molecule has 0 radical (unpaired) electrons. The van der Waals surface area contributed by atoms with Gasteiger partial charge in [-0.1, -0.05) is 0 Å². The molecule has 1 amide bonds. The molecule has 0 aliphatic carbocycles. The van der Waals surface area contributed by atoms with E-state index in [1.165, 1.54) is 17.1 Å². The molecule has 1 unspecified atom stereocenters. The number of fused-ring (bicyclic) bond motifs is 2. The highest BCUT2D eigenvalue weighted by Gasteiger charge is 2.31. The second-order valence-corrected chi connectivity index (χ2v) is 8.63. The Bertz CT molecular complexity index is 969. The molecule has 1 saturated heterocycles. The quantitative estimate of drug-likeness (QED) is 0.865. The van der Waals surface area contributed by atoms with Gasteiger partial charge in [0.05, 0.1) is 18.4 Å². The van der Waals surface area contributed by atoms with E-state index in [0.717, 1.165) is 32.2 Å². The van der Waals surface area contributed by atoms with Gasteiger partial charge in [0, 0.05) is 37.9 Å². The third-order valence-corrected chi connectivity index (χ3v) is 6.39. The summed E-state index contributed by atoms with van der Waals surface area (Å²) in [7, 11) is -2.13. The summed E-state index contributed by atoms with van der Waals surface area (Å²) in [5, 5.41) is 3.89. The van der Waals surface area contributed by atoms with Crippen molar-refractivity contribution in [1.29, 1.82) is 0 Å². The number of carbonyl (C=O) groups excluding carboxylic acids is 1. The number of aryl methyl sites for hydroxylation is 1. The number of benzene rings is 1. The highest BCUT2D eigenvalue weighted by atomic mass is 32.2. The van der Waals surface area contributed by atoms with Crippen LogP contribution in [0, 0.1) is 0 Å². The van der Waals surface area contributed by atoms with Gasteiger partial charge < -0.3 is 9.64 Å². The molecular formula is C18H22N4O4S. The molecule has 1 fully saturated rings. The summed E-state index contributed by atoms with van der Waals surface area (Å²) in [6.45, 7) is 1.27. The summed E-state index contributed by atoms with van der Waals surface area (Å²) in [4.78, 5) is 15.0. The van der Waals surface area contributed by atoms with Crippen LogP contribution in [0.15, 0.2) is 35.5 Å². The number of nitrogens with one attached hydrogen (secondary N) is 1. The third-order valence-electron chi connectivity index (χ3n) is 5.05. The molecule has 3 heterocycles. The third kappa shape index (κ3) is 3.51. The molecule has 2 aromatic rings. The number of rotatable bonds is 3. The van der Waals surface area contributed by atoms with E-state index in [0.29, 0.717) is 23.6 Å². The lowest BCUT2D eigenvalue weighted by molar-refractivity contribution is 0.0548. The van der Waals surface area contributed by atoms with Crippen molar-refractivity contribution >= 4 is 21.6 Å². The predicted octanol–water partition coefficient (Wildman–Crippen LogP) is 2.00. The summed E-state index contributed by atoms with van der Waals surface area (Å²) < 4.78 is 34.8. The minimum atomic E-state index is -3.78. The monoisotopic (exact) mass is 390 g/mol. The first-order valence-electron chi connectivity index (χ1n) is 9.03. The smallest absolute Gasteiger partial charge is 0.265 e. The van der Waals surface area contributed by atoms with E-state index in [-0.39, 0.29) is 16.8 Å². The number of carbonyl (C=O) groups is 1. The van der Waals surface area contributed by atoms with E-state index in [1.807, 2.05) is 4.90 Å². The Balaban J connectivity index is 1.65. The van der Waals surface area contributed by atoms with Crippen molar-refractivity contribution in [3.63, 3.8) is 0 Å². The van der Waals surface area contributed by atoms with Crippen molar-refractivity contribution in [3.05, 3.63) is 36.2 Å². The summed E-state index contributed by atoms with van der Waals surface area (Å²) in [6.07, 6.45) is 6.61. The van der Waals surface area contributed by atoms with Crippen molar-refractivity contribution in [2.24, 2.45) is 7.05 Å². The SMILES string of the molecule is Cn1cc(S(=O)(=O)Nc2ccc3c(c2)C(=O)N2CCCCC2CCO3)cn1. The van der Waals surface area contributed by atoms with Crippen LogP contribution in [0.25, 0.3) is 0 Å². The van der Waals surface area contributed by atoms with Crippen LogP contribution in [0.5, 0.6) is 5.75 Å². The van der Waals surface area contributed by atoms with Gasteiger partial charge in [0.2, 0.25) is 0 Å². The molecule has 0 spiro atoms. The van der Waals surface area contributed by atoms with Crippen LogP contribution >= 0.6 is 0 Å². The normalized spacial score (nSPS) is 20.1. The van der Waals surface area contributed by atoms with E-state index in [9.17, 15) is 13.2 Å². The van der Waals surface area contributed by atoms with Gasteiger partial charge in [-0.3, -0.25) is 14.2 Å². The van der Waals surface area contributed by atoms with Crippen LogP contribution in [0.2, 0.25) is 0 Å². The van der Waals surface area contributed by atoms with Crippen molar-refractivity contribution in [2.45, 2.75) is 36.6 Å². The Kier molecular flexibility index (Phi) is 4.55. The maximum atomic E-state index is 13.1. The Morgan fingerprint density at radius 2 is 2.11 bits per heavy atom. The first-order valence-corrected chi connectivity index (χ1v) is 10.5. The fourth-order valence-corrected chi connectivity index (χ4v) is 4.70. The zero-order valence-corrected chi connectivity index (χ0v) is 15.9. The first-order chi connectivity index (χ1) is 12.9. The van der Waals surface area contributed by atoms with Crippen molar-refractivity contribution in [1.82, 2.24) is 14.7 Å². The number of nitrogens with zero attached hydrogens (tertiary/aromatic N) is 3. The molecule has 0 saturated carbocycles. The number of hydrogen-bond acceptors (Lipinski definition) is 5. The molecule has 8 nitrogen and oxygen atoms in total. The maximum absolute atomic E-state index is 13.1. The van der Waals surface area contributed by atoms with Crippen molar-refractivity contribution < 1.29 is 17.9 Å². The fourth-order valence-electron chi connectivity index (χ4n) is 3.67. The van der Waals surface area contributed by atoms with E-state index < -0.39 is 10.0 Å². The zero-order chi connectivity index (χ0) is 19.0. The van der Waals surface area contributed by atoms with Crippen molar-refractivity contribution in [2.75, 3.05) is 17.9 Å². The lowest BCUT2D eigenvalue weighted by atomic mass is 9.97. The molecular weight excluding hydrogens is 368 g/mol. The molecule has 1 atom stereocenters. The van der Waals surface area contributed by atoms with Crippen LogP contribution in [-0.4, -0.2) is 48.2 Å². The zero-order valence-electron chi connectivity index (χ0n) is 15.1. The largest absolute Gasteiger partial charge is 0.493 e. The molecule has 0 bridgehead atoms. The Labute approximate surface area is 158 Å². The topological polar surface area (TPSA) is 93.5 Å². The van der Waals surface area contributed by atoms with Crippen LogP contribution in [-0.2, 0) is 17.1 Å². The molecule has 1 N–H and O–H groups in total. The van der Waals surface area contributed by atoms with Gasteiger partial charge >= 0.3 is 0 Å². The predicted molar refractivity (Wildman–Crippen MR) is 99.2 cm³/mol. The standard InChI is InChI=1S/C18H22N4O4S/c1-21-12-15(11-19-21)27(24,25)20-13-5-6-17-16(10-13)18(23)22-8-3-2-4-14(22)7-9-26-17/h5-6,10-12,14,20H,2-4,7-9H2,1H3. The molecule has 4 rings (SSSR count). The van der Waals surface area contributed by atoms with Gasteiger partial charge in [0.1, 0.15) is 10.6 Å². The number of piperidine rings is 1. The average Bonchev–Trinajstić information content (AvgIpc) is 3.08. The van der Waals surface area contributed by atoms with Gasteiger partial charge in [0.15, 0.2) is 0 Å². The molecule has 9 heteroatoms. The summed E-state index contributed by atoms with van der Waals surface area (Å²) in [5.74, 6) is 0.394. The van der Waals surface area contributed by atoms with Crippen LogP contribution < -0.4 is 9.46 Å². The number of amides is 1. The average molecular weight is 390 g/mol. The Morgan fingerprint density at radius 1 is 1.26 bits per heavy atom. The Hall–Kier alpha value is -2.55. The molecule has 1 aromatic heterocycles. The molecule has 144 valence electrons. The molecule has 1 aromatic carbocycles. The van der Waals surface area contributed by atoms with Crippen LogP contribution in [0.1, 0.15) is 36.0 Å². The van der Waals surface area contributed by atoms with Crippen LogP contribution in [0.4, 0.5) is 5.69 Å². The minimum Gasteiger partial charge on any atom is -0.493 e. The molecule has 27 heavy (non-hydrogen) atoms. The highest BCUT2D eigenvalue weighted by molar-refractivity contribution is 7.92. The fraction of sp³-hybridized carbons (Fsp3) is 0.444. The van der Waals surface area contributed by atoms with Gasteiger partial charge in [-0.2, -0.15) is 5.10 Å². The minimum absolute atomic E-state index is 0.0652. The lowest BCUT2D eigenvalue weighted by Gasteiger charge is -2.37. The first kappa shape index (κ1) is 17.8. The van der Waals surface area contributed by atoms with Gasteiger partial charge in [-0.25, -0.2) is 8.42 Å². The number of sulfonamides is 1. The number of anilines is 1. The van der Waals surface area contributed by atoms with Gasteiger partial charge in [0.25, 0.3) is 15.9 Å². The van der Waals surface area contributed by atoms with Crippen molar-refractivity contribution in [3.8, 4) is 5.75 Å². The van der Waals surface area contributed by atoms with E-state index >= 15 is 0 Å². The van der Waals surface area contributed by atoms with Gasteiger partial charge in [-0.05, 0) is 37.5 Å². The second-order valence-electron chi connectivity index (χ2n) is 6.95. The summed E-state index contributed by atoms with van der Waals surface area (Å²) >= 11 is 0. The van der Waals surface area contributed by atoms with E-state index in [1.54, 1.807) is 25.2 Å². The maximum Gasteiger partial charge on any atom is 0.265 e. The summed E-state index contributed by atoms with van der Waals surface area (Å²) in [5.41, 5.74) is 0.719. The van der Waals surface area contributed by atoms with Crippen LogP contribution in [0.3, 0.4) is 0 Å².